The van der Waals surface area contributed by atoms with Gasteiger partial charge in [0.15, 0.2) is 6.10 Å². The quantitative estimate of drug-likeness (QED) is 0.868. The summed E-state index contributed by atoms with van der Waals surface area (Å²) in [5, 5.41) is 0. The van der Waals surface area contributed by atoms with Crippen molar-refractivity contribution in [1.82, 2.24) is 9.21 Å². The molecule has 1 amide bonds. The molecule has 1 aromatic carbocycles. The molecule has 122 valence electrons. The van der Waals surface area contributed by atoms with E-state index >= 15 is 0 Å². The number of carbonyl (C=O) groups excluding carboxylic acids is 1. The number of amides is 1. The van der Waals surface area contributed by atoms with Crippen molar-refractivity contribution in [3.05, 3.63) is 23.8 Å². The lowest BCUT2D eigenvalue weighted by molar-refractivity contribution is -0.132. The normalized spacial score (nSPS) is 18.9. The van der Waals surface area contributed by atoms with Crippen molar-refractivity contribution in [2.45, 2.75) is 19.4 Å². The van der Waals surface area contributed by atoms with Crippen molar-refractivity contribution in [1.29, 1.82) is 0 Å². The topological polar surface area (TPSA) is 79.0 Å². The number of nitrogens with one attached hydrogen (secondary N) is 1. The molecule has 0 unspecified atom stereocenters. The van der Waals surface area contributed by atoms with Gasteiger partial charge in [0.25, 0.3) is 5.91 Å². The highest BCUT2D eigenvalue weighted by atomic mass is 32.2. The number of likely N-dealkylation sites (tertiary alicyclic amines) is 1. The molecule has 7 nitrogen and oxygen atoms in total. The Labute approximate surface area is 131 Å². The number of anilines is 1. The van der Waals surface area contributed by atoms with E-state index in [4.69, 9.17) is 4.74 Å². The number of benzene rings is 1. The van der Waals surface area contributed by atoms with Gasteiger partial charge >= 0.3 is 10.2 Å². The molecular weight excluding hydrogens is 306 g/mol. The summed E-state index contributed by atoms with van der Waals surface area (Å²) in [4.78, 5) is 13.5. The number of aryl methyl sites for hydroxylation is 1. The number of carbonyl (C=O) groups is 1. The van der Waals surface area contributed by atoms with Crippen LogP contribution in [-0.4, -0.2) is 57.3 Å². The zero-order chi connectivity index (χ0) is 16.5. The summed E-state index contributed by atoms with van der Waals surface area (Å²) < 4.78 is 32.9. The Kier molecular flexibility index (Phi) is 4.62. The Hall–Kier alpha value is -1.80. The van der Waals surface area contributed by atoms with Crippen molar-refractivity contribution in [3.63, 3.8) is 0 Å². The Bertz CT molecular complexity index is 673. The molecule has 1 aliphatic rings. The molecule has 0 aromatic heterocycles. The Balaban J connectivity index is 2.12. The molecule has 1 saturated heterocycles. The Morgan fingerprint density at radius 2 is 2.05 bits per heavy atom. The molecule has 1 atom stereocenters. The minimum atomic E-state index is -3.54. The first-order valence-electron chi connectivity index (χ1n) is 6.93. The van der Waals surface area contributed by atoms with Gasteiger partial charge in [-0.25, -0.2) is 0 Å². The second-order valence-corrected chi connectivity index (χ2v) is 7.41. The fourth-order valence-corrected chi connectivity index (χ4v) is 2.81. The highest BCUT2D eigenvalue weighted by Gasteiger charge is 2.30. The molecule has 1 fully saturated rings. The molecule has 22 heavy (non-hydrogen) atoms. The van der Waals surface area contributed by atoms with Crippen LogP contribution in [0.1, 0.15) is 12.0 Å². The van der Waals surface area contributed by atoms with Gasteiger partial charge in [-0.1, -0.05) is 0 Å². The van der Waals surface area contributed by atoms with Crippen LogP contribution in [0.5, 0.6) is 5.75 Å². The maximum Gasteiger partial charge on any atom is 0.301 e. The van der Waals surface area contributed by atoms with E-state index in [1.54, 1.807) is 37.1 Å². The fraction of sp³-hybridized carbons (Fsp3) is 0.500. The predicted molar refractivity (Wildman–Crippen MR) is 84.1 cm³/mol. The predicted octanol–water partition coefficient (Wildman–Crippen LogP) is 0.823. The first kappa shape index (κ1) is 16.6. The van der Waals surface area contributed by atoms with E-state index in [1.165, 1.54) is 14.1 Å². The maximum absolute atomic E-state index is 11.8. The summed E-state index contributed by atoms with van der Waals surface area (Å²) in [5.74, 6) is 0.522. The molecule has 0 aliphatic carbocycles. The Morgan fingerprint density at radius 3 is 2.55 bits per heavy atom. The minimum absolute atomic E-state index is 0.0324. The third-order valence-electron chi connectivity index (χ3n) is 3.57. The van der Waals surface area contributed by atoms with Gasteiger partial charge in [-0.3, -0.25) is 9.52 Å². The number of ether oxygens (including phenoxy) is 1. The molecule has 0 spiro atoms. The molecule has 1 N–H and O–H groups in total. The van der Waals surface area contributed by atoms with Crippen LogP contribution in [0.15, 0.2) is 18.2 Å². The lowest BCUT2D eigenvalue weighted by Gasteiger charge is -2.17. The maximum atomic E-state index is 11.8. The van der Waals surface area contributed by atoms with Gasteiger partial charge in [0.2, 0.25) is 0 Å². The van der Waals surface area contributed by atoms with Crippen molar-refractivity contribution in [3.8, 4) is 5.75 Å². The number of hydrogen-bond donors (Lipinski definition) is 1. The van der Waals surface area contributed by atoms with Crippen LogP contribution in [0.2, 0.25) is 0 Å². The van der Waals surface area contributed by atoms with Gasteiger partial charge in [-0.2, -0.15) is 12.7 Å². The second-order valence-electron chi connectivity index (χ2n) is 5.52. The number of nitrogens with zero attached hydrogens (tertiary/aromatic N) is 2. The molecular formula is C14H21N3O4S. The number of rotatable bonds is 5. The highest BCUT2D eigenvalue weighted by molar-refractivity contribution is 7.90. The van der Waals surface area contributed by atoms with Gasteiger partial charge in [0, 0.05) is 34.1 Å². The van der Waals surface area contributed by atoms with Gasteiger partial charge in [-0.05, 0) is 30.7 Å². The molecule has 0 bridgehead atoms. The Morgan fingerprint density at radius 1 is 1.36 bits per heavy atom. The van der Waals surface area contributed by atoms with Crippen molar-refractivity contribution in [2.24, 2.45) is 0 Å². The smallest absolute Gasteiger partial charge is 0.301 e. The van der Waals surface area contributed by atoms with Crippen LogP contribution in [0.25, 0.3) is 0 Å². The summed E-state index contributed by atoms with van der Waals surface area (Å²) in [6, 6.07) is 5.01. The SMILES string of the molecule is Cc1cc(O[C@@H]2CCN(C)C2=O)ccc1NS(=O)(=O)N(C)C. The van der Waals surface area contributed by atoms with Crippen molar-refractivity contribution < 1.29 is 17.9 Å². The minimum Gasteiger partial charge on any atom is -0.481 e. The monoisotopic (exact) mass is 327 g/mol. The van der Waals surface area contributed by atoms with E-state index < -0.39 is 16.3 Å². The van der Waals surface area contributed by atoms with E-state index in [-0.39, 0.29) is 5.91 Å². The van der Waals surface area contributed by atoms with E-state index in [0.29, 0.717) is 24.4 Å². The van der Waals surface area contributed by atoms with Gasteiger partial charge < -0.3 is 9.64 Å². The van der Waals surface area contributed by atoms with E-state index in [2.05, 4.69) is 4.72 Å². The van der Waals surface area contributed by atoms with Gasteiger partial charge in [0.05, 0.1) is 5.69 Å². The zero-order valence-electron chi connectivity index (χ0n) is 13.2. The molecule has 8 heteroatoms. The molecule has 1 heterocycles. The molecule has 0 radical (unpaired) electrons. The first-order valence-corrected chi connectivity index (χ1v) is 8.37. The van der Waals surface area contributed by atoms with Gasteiger partial charge in [-0.15, -0.1) is 0 Å². The number of hydrogen-bond acceptors (Lipinski definition) is 4. The summed E-state index contributed by atoms with van der Waals surface area (Å²) in [6.45, 7) is 2.46. The molecule has 1 aromatic rings. The first-order chi connectivity index (χ1) is 10.2. The largest absolute Gasteiger partial charge is 0.481 e. The zero-order valence-corrected chi connectivity index (χ0v) is 14.0. The standard InChI is InChI=1S/C14H21N3O4S/c1-10-9-11(21-13-7-8-17(4)14(13)18)5-6-12(10)15-22(19,20)16(2)3/h5-6,9,13,15H,7-8H2,1-4H3/t13-/m1/s1. The third kappa shape index (κ3) is 3.50. The fourth-order valence-electron chi connectivity index (χ4n) is 2.12. The third-order valence-corrected chi connectivity index (χ3v) is 5.01. The molecule has 1 aliphatic heterocycles. The summed E-state index contributed by atoms with van der Waals surface area (Å²) in [7, 11) is 1.11. The second kappa shape index (κ2) is 6.13. The van der Waals surface area contributed by atoms with Crippen molar-refractivity contribution in [2.75, 3.05) is 32.4 Å². The lowest BCUT2D eigenvalue weighted by Crippen LogP contribution is -2.30. The average Bonchev–Trinajstić information content (AvgIpc) is 2.73. The average molecular weight is 327 g/mol. The van der Waals surface area contributed by atoms with Crippen LogP contribution in [0.3, 0.4) is 0 Å². The summed E-state index contributed by atoms with van der Waals surface area (Å²) >= 11 is 0. The van der Waals surface area contributed by atoms with E-state index in [0.717, 1.165) is 9.87 Å². The van der Waals surface area contributed by atoms with Crippen LogP contribution in [0.4, 0.5) is 5.69 Å². The lowest BCUT2D eigenvalue weighted by atomic mass is 10.2. The van der Waals surface area contributed by atoms with Gasteiger partial charge in [0.1, 0.15) is 5.75 Å². The number of likely N-dealkylation sites (N-methyl/N-ethyl adjacent to an activating group) is 1. The van der Waals surface area contributed by atoms with Crippen LogP contribution in [0, 0.1) is 6.92 Å². The highest BCUT2D eigenvalue weighted by Crippen LogP contribution is 2.25. The van der Waals surface area contributed by atoms with Crippen molar-refractivity contribution >= 4 is 21.8 Å². The summed E-state index contributed by atoms with van der Waals surface area (Å²) in [5.41, 5.74) is 1.21. The van der Waals surface area contributed by atoms with Crippen LogP contribution in [-0.2, 0) is 15.0 Å². The molecule has 2 rings (SSSR count). The van der Waals surface area contributed by atoms with Crippen LogP contribution < -0.4 is 9.46 Å². The van der Waals surface area contributed by atoms with E-state index in [9.17, 15) is 13.2 Å². The summed E-state index contributed by atoms with van der Waals surface area (Å²) in [6.07, 6.45) is 0.192. The van der Waals surface area contributed by atoms with Crippen LogP contribution >= 0.6 is 0 Å². The molecule has 0 saturated carbocycles. The van der Waals surface area contributed by atoms with E-state index in [1.807, 2.05) is 0 Å².